The largest absolute Gasteiger partial charge is 0.263 e. The molecule has 0 saturated heterocycles. The third kappa shape index (κ3) is 2.68. The summed E-state index contributed by atoms with van der Waals surface area (Å²) < 4.78 is 26.6. The molecule has 2 rings (SSSR count). The van der Waals surface area contributed by atoms with Crippen molar-refractivity contribution in [2.45, 2.75) is 18.7 Å². The molecular weight excluding hydrogens is 248 g/mol. The standard InChI is InChI=1S/C13H14N2O2S/c1-10-8-9-13(14-11(10)2)15-18(16,17)12-6-4-3-5-7-12/h3-9H,1-2H3,(H,14,15). The maximum Gasteiger partial charge on any atom is 0.263 e. The molecule has 18 heavy (non-hydrogen) atoms. The van der Waals surface area contributed by atoms with Crippen LogP contribution in [0.3, 0.4) is 0 Å². The van der Waals surface area contributed by atoms with E-state index in [1.807, 2.05) is 19.9 Å². The van der Waals surface area contributed by atoms with Gasteiger partial charge in [-0.3, -0.25) is 4.72 Å². The number of nitrogens with zero attached hydrogens (tertiary/aromatic N) is 1. The monoisotopic (exact) mass is 262 g/mol. The fourth-order valence-corrected chi connectivity index (χ4v) is 2.51. The van der Waals surface area contributed by atoms with Gasteiger partial charge < -0.3 is 0 Å². The van der Waals surface area contributed by atoms with E-state index >= 15 is 0 Å². The Bertz CT molecular complexity index is 652. The molecule has 0 fully saturated rings. The van der Waals surface area contributed by atoms with Crippen LogP contribution in [0.25, 0.3) is 0 Å². The zero-order chi connectivity index (χ0) is 13.2. The molecule has 2 aromatic rings. The van der Waals surface area contributed by atoms with Crippen LogP contribution < -0.4 is 4.72 Å². The minimum atomic E-state index is -3.56. The zero-order valence-electron chi connectivity index (χ0n) is 10.2. The topological polar surface area (TPSA) is 59.1 Å². The molecule has 0 spiro atoms. The molecule has 1 aromatic heterocycles. The molecule has 1 aromatic carbocycles. The van der Waals surface area contributed by atoms with Crippen LogP contribution >= 0.6 is 0 Å². The fourth-order valence-electron chi connectivity index (χ4n) is 1.48. The predicted octanol–water partition coefficient (Wildman–Crippen LogP) is 2.50. The SMILES string of the molecule is Cc1ccc(NS(=O)(=O)c2ccccc2)nc1C. The van der Waals surface area contributed by atoms with Crippen LogP contribution in [0, 0.1) is 13.8 Å². The summed E-state index contributed by atoms with van der Waals surface area (Å²) in [5.74, 6) is 0.335. The molecule has 0 saturated carbocycles. The number of hydrogen-bond acceptors (Lipinski definition) is 3. The average molecular weight is 262 g/mol. The summed E-state index contributed by atoms with van der Waals surface area (Å²) in [6.45, 7) is 3.77. The van der Waals surface area contributed by atoms with Crippen molar-refractivity contribution >= 4 is 15.8 Å². The van der Waals surface area contributed by atoms with Crippen molar-refractivity contribution in [2.75, 3.05) is 4.72 Å². The molecule has 0 unspecified atom stereocenters. The van der Waals surface area contributed by atoms with Gasteiger partial charge in [-0.2, -0.15) is 0 Å². The van der Waals surface area contributed by atoms with Crippen molar-refractivity contribution in [3.63, 3.8) is 0 Å². The Balaban J connectivity index is 2.31. The van der Waals surface area contributed by atoms with Gasteiger partial charge >= 0.3 is 0 Å². The van der Waals surface area contributed by atoms with Crippen LogP contribution in [-0.2, 0) is 10.0 Å². The predicted molar refractivity (Wildman–Crippen MR) is 71.0 cm³/mol. The minimum Gasteiger partial charge on any atom is -0.263 e. The average Bonchev–Trinajstić information content (AvgIpc) is 2.35. The summed E-state index contributed by atoms with van der Waals surface area (Å²) in [4.78, 5) is 4.42. The highest BCUT2D eigenvalue weighted by atomic mass is 32.2. The van der Waals surface area contributed by atoms with Crippen molar-refractivity contribution in [2.24, 2.45) is 0 Å². The first-order valence-corrected chi connectivity index (χ1v) is 6.99. The number of sulfonamides is 1. The lowest BCUT2D eigenvalue weighted by atomic mass is 10.2. The number of benzene rings is 1. The first-order valence-electron chi connectivity index (χ1n) is 5.51. The Morgan fingerprint density at radius 1 is 1.00 bits per heavy atom. The molecule has 1 N–H and O–H groups in total. The molecule has 0 bridgehead atoms. The first kappa shape index (κ1) is 12.6. The van der Waals surface area contributed by atoms with E-state index in [0.717, 1.165) is 11.3 Å². The highest BCUT2D eigenvalue weighted by molar-refractivity contribution is 7.92. The molecule has 0 atom stereocenters. The second-order valence-electron chi connectivity index (χ2n) is 4.02. The lowest BCUT2D eigenvalue weighted by molar-refractivity contribution is 0.601. The number of aryl methyl sites for hydroxylation is 2. The van der Waals surface area contributed by atoms with Crippen molar-refractivity contribution < 1.29 is 8.42 Å². The molecule has 0 amide bonds. The van der Waals surface area contributed by atoms with Gasteiger partial charge in [0.05, 0.1) is 4.90 Å². The van der Waals surface area contributed by atoms with E-state index in [1.54, 1.807) is 36.4 Å². The fraction of sp³-hybridized carbons (Fsp3) is 0.154. The molecule has 0 aliphatic heterocycles. The van der Waals surface area contributed by atoms with Crippen molar-refractivity contribution in [3.05, 3.63) is 53.7 Å². The summed E-state index contributed by atoms with van der Waals surface area (Å²) in [7, 11) is -3.56. The summed E-state index contributed by atoms with van der Waals surface area (Å²) in [6.07, 6.45) is 0. The molecule has 94 valence electrons. The van der Waals surface area contributed by atoms with E-state index in [9.17, 15) is 8.42 Å². The number of nitrogens with one attached hydrogen (secondary N) is 1. The maximum atomic E-state index is 12.0. The third-order valence-electron chi connectivity index (χ3n) is 2.64. The highest BCUT2D eigenvalue weighted by Crippen LogP contribution is 2.15. The Morgan fingerprint density at radius 3 is 2.28 bits per heavy atom. The van der Waals surface area contributed by atoms with E-state index in [-0.39, 0.29) is 4.90 Å². The third-order valence-corrected chi connectivity index (χ3v) is 4.01. The van der Waals surface area contributed by atoms with Gasteiger partial charge in [-0.25, -0.2) is 13.4 Å². The maximum absolute atomic E-state index is 12.0. The first-order chi connectivity index (χ1) is 8.49. The van der Waals surface area contributed by atoms with Crippen LogP contribution in [0.5, 0.6) is 0 Å². The van der Waals surface area contributed by atoms with Crippen LogP contribution in [0.4, 0.5) is 5.82 Å². The summed E-state index contributed by atoms with van der Waals surface area (Å²) in [5.41, 5.74) is 1.83. The molecule has 0 aliphatic carbocycles. The number of pyridine rings is 1. The van der Waals surface area contributed by atoms with E-state index in [2.05, 4.69) is 9.71 Å². The van der Waals surface area contributed by atoms with E-state index in [4.69, 9.17) is 0 Å². The quantitative estimate of drug-likeness (QED) is 0.924. The van der Waals surface area contributed by atoms with Gasteiger partial charge in [-0.1, -0.05) is 24.3 Å². The number of rotatable bonds is 3. The van der Waals surface area contributed by atoms with Gasteiger partial charge in [0, 0.05) is 5.69 Å². The van der Waals surface area contributed by atoms with Gasteiger partial charge in [0.25, 0.3) is 10.0 Å². The van der Waals surface area contributed by atoms with Crippen LogP contribution in [0.1, 0.15) is 11.3 Å². The molecule has 0 aliphatic rings. The summed E-state index contributed by atoms with van der Waals surface area (Å²) in [5, 5.41) is 0. The lowest BCUT2D eigenvalue weighted by Crippen LogP contribution is -2.14. The van der Waals surface area contributed by atoms with Gasteiger partial charge in [0.15, 0.2) is 0 Å². The highest BCUT2D eigenvalue weighted by Gasteiger charge is 2.14. The Labute approximate surface area is 107 Å². The molecule has 4 nitrogen and oxygen atoms in total. The summed E-state index contributed by atoms with van der Waals surface area (Å²) in [6, 6.07) is 11.7. The number of anilines is 1. The van der Waals surface area contributed by atoms with Crippen molar-refractivity contribution in [3.8, 4) is 0 Å². The molecule has 0 radical (unpaired) electrons. The summed E-state index contributed by atoms with van der Waals surface area (Å²) >= 11 is 0. The normalized spacial score (nSPS) is 11.2. The van der Waals surface area contributed by atoms with Gasteiger partial charge in [-0.15, -0.1) is 0 Å². The van der Waals surface area contributed by atoms with Crippen LogP contribution in [0.2, 0.25) is 0 Å². The molecule has 5 heteroatoms. The molecule has 1 heterocycles. The Morgan fingerprint density at radius 2 is 1.67 bits per heavy atom. The second kappa shape index (κ2) is 4.78. The lowest BCUT2D eigenvalue weighted by Gasteiger charge is -2.08. The minimum absolute atomic E-state index is 0.227. The second-order valence-corrected chi connectivity index (χ2v) is 5.70. The van der Waals surface area contributed by atoms with E-state index in [1.165, 1.54) is 0 Å². The van der Waals surface area contributed by atoms with Gasteiger partial charge in [0.1, 0.15) is 5.82 Å². The Kier molecular flexibility index (Phi) is 3.34. The molecular formula is C13H14N2O2S. The van der Waals surface area contributed by atoms with E-state index in [0.29, 0.717) is 5.82 Å². The smallest absolute Gasteiger partial charge is 0.263 e. The van der Waals surface area contributed by atoms with Gasteiger partial charge in [-0.05, 0) is 37.6 Å². The Hall–Kier alpha value is -1.88. The van der Waals surface area contributed by atoms with E-state index < -0.39 is 10.0 Å². The zero-order valence-corrected chi connectivity index (χ0v) is 11.0. The van der Waals surface area contributed by atoms with Crippen LogP contribution in [-0.4, -0.2) is 13.4 Å². The van der Waals surface area contributed by atoms with Gasteiger partial charge in [0.2, 0.25) is 0 Å². The number of aromatic nitrogens is 1. The van der Waals surface area contributed by atoms with Crippen molar-refractivity contribution in [1.29, 1.82) is 0 Å². The number of hydrogen-bond donors (Lipinski definition) is 1. The van der Waals surface area contributed by atoms with Crippen LogP contribution in [0.15, 0.2) is 47.4 Å². The van der Waals surface area contributed by atoms with Crippen molar-refractivity contribution in [1.82, 2.24) is 4.98 Å².